The Hall–Kier alpha value is -2.01. The maximum atomic E-state index is 12.4. The molecule has 0 aliphatic rings. The number of para-hydroxylation sites is 2. The minimum Gasteiger partial charge on any atom is -0.495 e. The van der Waals surface area contributed by atoms with Crippen LogP contribution in [0.5, 0.6) is 11.5 Å². The second kappa shape index (κ2) is 7.51. The molecule has 1 unspecified atom stereocenters. The van der Waals surface area contributed by atoms with Crippen LogP contribution in [0.4, 0.5) is 5.69 Å². The monoisotopic (exact) mass is 377 g/mol. The van der Waals surface area contributed by atoms with Crippen LogP contribution < -0.4 is 14.8 Å². The zero-order valence-electron chi connectivity index (χ0n) is 13.6. The molecule has 0 fully saturated rings. The summed E-state index contributed by atoms with van der Waals surface area (Å²) in [4.78, 5) is 12.4. The highest BCUT2D eigenvalue weighted by atomic mass is 79.9. The normalized spacial score (nSPS) is 11.7. The Morgan fingerprint density at radius 1 is 1.17 bits per heavy atom. The van der Waals surface area contributed by atoms with Gasteiger partial charge in [0, 0.05) is 4.47 Å². The first kappa shape index (κ1) is 17.3. The van der Waals surface area contributed by atoms with Crippen LogP contribution in [0.2, 0.25) is 0 Å². The summed E-state index contributed by atoms with van der Waals surface area (Å²) in [6.45, 7) is 5.64. The smallest absolute Gasteiger partial charge is 0.265 e. The van der Waals surface area contributed by atoms with E-state index in [0.29, 0.717) is 11.4 Å². The van der Waals surface area contributed by atoms with Gasteiger partial charge >= 0.3 is 0 Å². The van der Waals surface area contributed by atoms with Crippen molar-refractivity contribution in [2.75, 3.05) is 12.4 Å². The lowest BCUT2D eigenvalue weighted by molar-refractivity contribution is -0.122. The topological polar surface area (TPSA) is 47.6 Å². The molecule has 2 rings (SSSR count). The summed E-state index contributed by atoms with van der Waals surface area (Å²) in [5.41, 5.74) is 2.59. The minimum atomic E-state index is -0.626. The van der Waals surface area contributed by atoms with Gasteiger partial charge in [0.05, 0.1) is 12.8 Å². The molecule has 0 aliphatic carbocycles. The molecule has 2 aromatic rings. The van der Waals surface area contributed by atoms with Gasteiger partial charge in [-0.1, -0.05) is 28.1 Å². The fourth-order valence-electron chi connectivity index (χ4n) is 2.30. The van der Waals surface area contributed by atoms with Crippen molar-refractivity contribution in [3.8, 4) is 11.5 Å². The molecule has 1 N–H and O–H groups in total. The number of anilines is 1. The molecule has 0 saturated carbocycles. The summed E-state index contributed by atoms with van der Waals surface area (Å²) >= 11 is 3.45. The molecule has 0 aliphatic heterocycles. The average Bonchev–Trinajstić information content (AvgIpc) is 2.51. The summed E-state index contributed by atoms with van der Waals surface area (Å²) in [6, 6.07) is 11.2. The molecule has 122 valence electrons. The molecule has 0 heterocycles. The number of nitrogens with one attached hydrogen (secondary N) is 1. The lowest BCUT2D eigenvalue weighted by atomic mass is 10.1. The van der Waals surface area contributed by atoms with E-state index in [0.717, 1.165) is 21.3 Å². The van der Waals surface area contributed by atoms with Gasteiger partial charge in [0.2, 0.25) is 0 Å². The van der Waals surface area contributed by atoms with Crippen LogP contribution in [0, 0.1) is 13.8 Å². The number of halogens is 1. The van der Waals surface area contributed by atoms with Gasteiger partial charge in [0.1, 0.15) is 11.5 Å². The average molecular weight is 378 g/mol. The lowest BCUT2D eigenvalue weighted by Crippen LogP contribution is -2.30. The molecule has 0 saturated heterocycles. The van der Waals surface area contributed by atoms with Crippen molar-refractivity contribution in [1.29, 1.82) is 0 Å². The Bertz CT molecular complexity index is 692. The van der Waals surface area contributed by atoms with E-state index in [-0.39, 0.29) is 5.91 Å². The van der Waals surface area contributed by atoms with Crippen LogP contribution in [0.3, 0.4) is 0 Å². The molecule has 23 heavy (non-hydrogen) atoms. The molecule has 0 aromatic heterocycles. The number of ether oxygens (including phenoxy) is 2. The first-order chi connectivity index (χ1) is 10.9. The van der Waals surface area contributed by atoms with Crippen LogP contribution >= 0.6 is 15.9 Å². The van der Waals surface area contributed by atoms with E-state index in [1.165, 1.54) is 0 Å². The number of hydrogen-bond acceptors (Lipinski definition) is 3. The van der Waals surface area contributed by atoms with Gasteiger partial charge in [-0.25, -0.2) is 0 Å². The van der Waals surface area contributed by atoms with E-state index in [1.54, 1.807) is 26.2 Å². The van der Waals surface area contributed by atoms with Crippen LogP contribution in [0.25, 0.3) is 0 Å². The van der Waals surface area contributed by atoms with Crippen molar-refractivity contribution in [3.63, 3.8) is 0 Å². The largest absolute Gasteiger partial charge is 0.495 e. The van der Waals surface area contributed by atoms with Gasteiger partial charge in [-0.2, -0.15) is 0 Å². The van der Waals surface area contributed by atoms with Crippen molar-refractivity contribution in [2.45, 2.75) is 26.9 Å². The Morgan fingerprint density at radius 2 is 1.78 bits per heavy atom. The van der Waals surface area contributed by atoms with Crippen molar-refractivity contribution in [2.24, 2.45) is 0 Å². The van der Waals surface area contributed by atoms with E-state index in [1.807, 2.05) is 38.1 Å². The van der Waals surface area contributed by atoms with Gasteiger partial charge < -0.3 is 14.8 Å². The van der Waals surface area contributed by atoms with E-state index >= 15 is 0 Å². The van der Waals surface area contributed by atoms with Crippen molar-refractivity contribution >= 4 is 27.5 Å². The molecule has 2 aromatic carbocycles. The molecule has 0 bridgehead atoms. The quantitative estimate of drug-likeness (QED) is 0.835. The third kappa shape index (κ3) is 4.26. The summed E-state index contributed by atoms with van der Waals surface area (Å²) in [5, 5.41) is 2.83. The van der Waals surface area contributed by atoms with E-state index in [4.69, 9.17) is 9.47 Å². The highest BCUT2D eigenvalue weighted by Gasteiger charge is 2.18. The maximum Gasteiger partial charge on any atom is 0.265 e. The van der Waals surface area contributed by atoms with Crippen molar-refractivity contribution < 1.29 is 14.3 Å². The number of rotatable bonds is 5. The van der Waals surface area contributed by atoms with Crippen LogP contribution in [0.1, 0.15) is 18.1 Å². The number of benzene rings is 2. The summed E-state index contributed by atoms with van der Waals surface area (Å²) in [6.07, 6.45) is -0.626. The van der Waals surface area contributed by atoms with Gasteiger partial charge in [-0.15, -0.1) is 0 Å². The predicted octanol–water partition coefficient (Wildman–Crippen LogP) is 4.48. The Morgan fingerprint density at radius 3 is 2.39 bits per heavy atom. The van der Waals surface area contributed by atoms with Crippen LogP contribution in [-0.2, 0) is 4.79 Å². The number of amides is 1. The second-order valence-electron chi connectivity index (χ2n) is 5.32. The van der Waals surface area contributed by atoms with E-state index < -0.39 is 6.10 Å². The second-order valence-corrected chi connectivity index (χ2v) is 6.23. The van der Waals surface area contributed by atoms with Crippen LogP contribution in [0.15, 0.2) is 40.9 Å². The summed E-state index contributed by atoms with van der Waals surface area (Å²) < 4.78 is 12.1. The third-order valence-corrected chi connectivity index (χ3v) is 3.91. The molecule has 0 spiro atoms. The fourth-order valence-corrected chi connectivity index (χ4v) is 2.98. The Balaban J connectivity index is 2.12. The highest BCUT2D eigenvalue weighted by molar-refractivity contribution is 9.10. The standard InChI is InChI=1S/C18H20BrNO3/c1-11-9-14(19)10-12(2)17(11)23-13(3)18(21)20-15-7-5-6-8-16(15)22-4/h5-10,13H,1-4H3,(H,20,21). The number of carbonyl (C=O) groups is 1. The first-order valence-corrected chi connectivity index (χ1v) is 8.09. The maximum absolute atomic E-state index is 12.4. The van der Waals surface area contributed by atoms with E-state index in [9.17, 15) is 4.79 Å². The molecule has 1 atom stereocenters. The number of carbonyl (C=O) groups excluding carboxylic acids is 1. The molecular formula is C18H20BrNO3. The van der Waals surface area contributed by atoms with Gasteiger partial charge in [-0.05, 0) is 56.2 Å². The molecule has 5 heteroatoms. The van der Waals surface area contributed by atoms with Gasteiger partial charge in [0.25, 0.3) is 5.91 Å². The summed E-state index contributed by atoms with van der Waals surface area (Å²) in [7, 11) is 1.57. The lowest BCUT2D eigenvalue weighted by Gasteiger charge is -2.19. The number of hydrogen-bond donors (Lipinski definition) is 1. The number of aryl methyl sites for hydroxylation is 2. The fraction of sp³-hybridized carbons (Fsp3) is 0.278. The zero-order chi connectivity index (χ0) is 17.0. The number of methoxy groups -OCH3 is 1. The Kier molecular flexibility index (Phi) is 5.66. The molecule has 0 radical (unpaired) electrons. The zero-order valence-corrected chi connectivity index (χ0v) is 15.2. The third-order valence-electron chi connectivity index (χ3n) is 3.45. The summed E-state index contributed by atoms with van der Waals surface area (Å²) in [5.74, 6) is 1.12. The van der Waals surface area contributed by atoms with Gasteiger partial charge in [-0.3, -0.25) is 4.79 Å². The van der Waals surface area contributed by atoms with Crippen molar-refractivity contribution in [1.82, 2.24) is 0 Å². The SMILES string of the molecule is COc1ccccc1NC(=O)C(C)Oc1c(C)cc(Br)cc1C. The van der Waals surface area contributed by atoms with Crippen molar-refractivity contribution in [3.05, 3.63) is 52.0 Å². The van der Waals surface area contributed by atoms with Crippen LogP contribution in [-0.4, -0.2) is 19.1 Å². The van der Waals surface area contributed by atoms with Gasteiger partial charge in [0.15, 0.2) is 6.10 Å². The molecule has 1 amide bonds. The highest BCUT2D eigenvalue weighted by Crippen LogP contribution is 2.29. The Labute approximate surface area is 144 Å². The molecule has 4 nitrogen and oxygen atoms in total. The van der Waals surface area contributed by atoms with E-state index in [2.05, 4.69) is 21.2 Å². The predicted molar refractivity (Wildman–Crippen MR) is 95.3 cm³/mol. The first-order valence-electron chi connectivity index (χ1n) is 7.29. The minimum absolute atomic E-state index is 0.226. The molecular weight excluding hydrogens is 358 g/mol.